The lowest BCUT2D eigenvalue weighted by Crippen LogP contribution is -2.37. The van der Waals surface area contributed by atoms with Crippen LogP contribution in [0.3, 0.4) is 0 Å². The van der Waals surface area contributed by atoms with Gasteiger partial charge in [0.15, 0.2) is 0 Å². The number of aryl methyl sites for hydroxylation is 1. The van der Waals surface area contributed by atoms with Crippen molar-refractivity contribution in [2.75, 3.05) is 18.6 Å². The van der Waals surface area contributed by atoms with Crippen molar-refractivity contribution < 1.29 is 14.3 Å². The number of rotatable bonds is 7. The summed E-state index contributed by atoms with van der Waals surface area (Å²) in [7, 11) is 1.58. The minimum Gasteiger partial charge on any atom is -0.495 e. The van der Waals surface area contributed by atoms with Gasteiger partial charge in [-0.2, -0.15) is 5.10 Å². The van der Waals surface area contributed by atoms with Gasteiger partial charge in [-0.15, -0.1) is 0 Å². The van der Waals surface area contributed by atoms with Crippen LogP contribution >= 0.6 is 0 Å². The summed E-state index contributed by atoms with van der Waals surface area (Å²) in [6.45, 7) is 1.10. The minimum atomic E-state index is -0.184. The highest BCUT2D eigenvalue weighted by Crippen LogP contribution is 2.30. The second-order valence-electron chi connectivity index (χ2n) is 5.91. The Labute approximate surface area is 145 Å². The first-order chi connectivity index (χ1) is 12.2. The van der Waals surface area contributed by atoms with Gasteiger partial charge in [0, 0.05) is 25.9 Å². The van der Waals surface area contributed by atoms with Crippen molar-refractivity contribution >= 4 is 17.5 Å². The lowest BCUT2D eigenvalue weighted by atomic mass is 10.2. The van der Waals surface area contributed by atoms with E-state index in [4.69, 9.17) is 4.74 Å². The molecule has 0 spiro atoms. The zero-order valence-corrected chi connectivity index (χ0v) is 14.1. The molecular weight excluding hydrogens is 322 g/mol. The highest BCUT2D eigenvalue weighted by Gasteiger charge is 2.32. The van der Waals surface area contributed by atoms with E-state index < -0.39 is 0 Å². The summed E-state index contributed by atoms with van der Waals surface area (Å²) in [6.07, 6.45) is 4.45. The molecule has 8 heteroatoms. The number of hydrogen-bond donors (Lipinski definition) is 1. The highest BCUT2D eigenvalue weighted by molar-refractivity contribution is 5.98. The average Bonchev–Trinajstić information content (AvgIpc) is 3.24. The minimum absolute atomic E-state index is 0.0163. The van der Waals surface area contributed by atoms with Gasteiger partial charge in [0.25, 0.3) is 0 Å². The molecule has 1 aromatic carbocycles. The molecular formula is C17H21N5O3. The van der Waals surface area contributed by atoms with Gasteiger partial charge in [-0.05, 0) is 18.6 Å². The molecule has 1 fully saturated rings. The molecule has 1 saturated heterocycles. The molecule has 132 valence electrons. The molecule has 25 heavy (non-hydrogen) atoms. The summed E-state index contributed by atoms with van der Waals surface area (Å²) >= 11 is 0. The number of para-hydroxylation sites is 2. The van der Waals surface area contributed by atoms with Crippen LogP contribution in [0.4, 0.5) is 5.69 Å². The predicted octanol–water partition coefficient (Wildman–Crippen LogP) is 0.989. The van der Waals surface area contributed by atoms with E-state index in [1.54, 1.807) is 23.0 Å². The fraction of sp³-hybridized carbons (Fsp3) is 0.412. The number of hydrogen-bond acceptors (Lipinski definition) is 5. The number of nitrogens with zero attached hydrogens (tertiary/aromatic N) is 4. The molecule has 1 aromatic heterocycles. The van der Waals surface area contributed by atoms with Crippen LogP contribution in [-0.2, 0) is 16.1 Å². The maximum Gasteiger partial charge on any atom is 0.229 e. The number of nitrogens with one attached hydrogen (secondary N) is 1. The van der Waals surface area contributed by atoms with Crippen LogP contribution in [0.2, 0.25) is 0 Å². The summed E-state index contributed by atoms with van der Waals surface area (Å²) in [4.78, 5) is 29.9. The molecule has 2 heterocycles. The van der Waals surface area contributed by atoms with Crippen LogP contribution in [0.5, 0.6) is 5.75 Å². The zero-order valence-electron chi connectivity index (χ0n) is 14.1. The fourth-order valence-electron chi connectivity index (χ4n) is 2.94. The number of aromatic nitrogens is 3. The monoisotopic (exact) mass is 343 g/mol. The highest BCUT2D eigenvalue weighted by atomic mass is 16.5. The summed E-state index contributed by atoms with van der Waals surface area (Å²) < 4.78 is 7.01. The molecule has 2 amide bonds. The Bertz CT molecular complexity index is 732. The Hall–Kier alpha value is -2.90. The molecule has 3 rings (SSSR count). The third-order valence-corrected chi connectivity index (χ3v) is 4.12. The molecule has 2 aromatic rings. The van der Waals surface area contributed by atoms with Crippen molar-refractivity contribution in [3.05, 3.63) is 36.9 Å². The van der Waals surface area contributed by atoms with Crippen LogP contribution in [0.15, 0.2) is 36.9 Å². The maximum absolute atomic E-state index is 12.3. The molecule has 0 saturated carbocycles. The van der Waals surface area contributed by atoms with E-state index >= 15 is 0 Å². The molecule has 1 atom stereocenters. The van der Waals surface area contributed by atoms with Crippen LogP contribution in [0.25, 0.3) is 0 Å². The lowest BCUT2D eigenvalue weighted by Gasteiger charge is -2.19. The molecule has 0 radical (unpaired) electrons. The number of ether oxygens (including phenoxy) is 1. The third kappa shape index (κ3) is 4.14. The summed E-state index contributed by atoms with van der Waals surface area (Å²) in [5.74, 6) is 0.577. The number of anilines is 1. The average molecular weight is 343 g/mol. The number of carbonyl (C=O) groups is 2. The van der Waals surface area contributed by atoms with E-state index in [1.807, 2.05) is 24.3 Å². The Morgan fingerprint density at radius 1 is 1.40 bits per heavy atom. The standard InChI is InChI=1S/C17H21N5O3/c1-25-15-6-3-2-5-14(15)22-10-13(9-17(22)24)20-16(23)7-4-8-21-12-18-11-19-21/h2-3,5-6,11-13H,4,7-10H2,1H3,(H,20,23). The van der Waals surface area contributed by atoms with Crippen molar-refractivity contribution in [2.45, 2.75) is 31.8 Å². The second-order valence-corrected chi connectivity index (χ2v) is 5.91. The molecule has 0 aliphatic carbocycles. The van der Waals surface area contributed by atoms with Gasteiger partial charge in [-0.1, -0.05) is 12.1 Å². The van der Waals surface area contributed by atoms with Gasteiger partial charge < -0.3 is 15.0 Å². The van der Waals surface area contributed by atoms with Crippen molar-refractivity contribution in [2.24, 2.45) is 0 Å². The molecule has 1 unspecified atom stereocenters. The van der Waals surface area contributed by atoms with Crippen LogP contribution in [-0.4, -0.2) is 46.3 Å². The van der Waals surface area contributed by atoms with E-state index in [9.17, 15) is 9.59 Å². The maximum atomic E-state index is 12.3. The van der Waals surface area contributed by atoms with E-state index in [0.29, 0.717) is 38.1 Å². The topological polar surface area (TPSA) is 89.3 Å². The number of carbonyl (C=O) groups excluding carboxylic acids is 2. The van der Waals surface area contributed by atoms with Gasteiger partial charge in [0.1, 0.15) is 18.4 Å². The summed E-state index contributed by atoms with van der Waals surface area (Å²) in [6, 6.07) is 7.20. The lowest BCUT2D eigenvalue weighted by molar-refractivity contribution is -0.121. The summed E-state index contributed by atoms with van der Waals surface area (Å²) in [5.41, 5.74) is 0.734. The van der Waals surface area contributed by atoms with E-state index in [0.717, 1.165) is 5.69 Å². The normalized spacial score (nSPS) is 16.9. The number of benzene rings is 1. The Kier molecular flexibility index (Phi) is 5.27. The predicted molar refractivity (Wildman–Crippen MR) is 91.2 cm³/mol. The molecule has 1 aliphatic rings. The smallest absolute Gasteiger partial charge is 0.229 e. The molecule has 0 bridgehead atoms. The number of amides is 2. The van der Waals surface area contributed by atoms with Gasteiger partial charge in [-0.3, -0.25) is 14.3 Å². The van der Waals surface area contributed by atoms with Crippen molar-refractivity contribution in [3.63, 3.8) is 0 Å². The molecule has 1 N–H and O–H groups in total. The third-order valence-electron chi connectivity index (χ3n) is 4.12. The fourth-order valence-corrected chi connectivity index (χ4v) is 2.94. The van der Waals surface area contributed by atoms with E-state index in [2.05, 4.69) is 15.4 Å². The van der Waals surface area contributed by atoms with Crippen LogP contribution in [0.1, 0.15) is 19.3 Å². The molecule has 1 aliphatic heterocycles. The van der Waals surface area contributed by atoms with Crippen LogP contribution < -0.4 is 15.0 Å². The first kappa shape index (κ1) is 16.9. The van der Waals surface area contributed by atoms with Crippen molar-refractivity contribution in [3.8, 4) is 5.75 Å². The van der Waals surface area contributed by atoms with Gasteiger partial charge in [0.05, 0.1) is 18.8 Å². The van der Waals surface area contributed by atoms with Gasteiger partial charge in [-0.25, -0.2) is 4.98 Å². The first-order valence-electron chi connectivity index (χ1n) is 8.22. The Morgan fingerprint density at radius 3 is 3.00 bits per heavy atom. The Morgan fingerprint density at radius 2 is 2.24 bits per heavy atom. The van der Waals surface area contributed by atoms with Gasteiger partial charge >= 0.3 is 0 Å². The van der Waals surface area contributed by atoms with Crippen LogP contribution in [0, 0.1) is 0 Å². The zero-order chi connectivity index (χ0) is 17.6. The van der Waals surface area contributed by atoms with E-state index in [1.165, 1.54) is 6.33 Å². The van der Waals surface area contributed by atoms with Gasteiger partial charge in [0.2, 0.25) is 11.8 Å². The number of methoxy groups -OCH3 is 1. The Balaban J connectivity index is 1.51. The molecule has 8 nitrogen and oxygen atoms in total. The first-order valence-corrected chi connectivity index (χ1v) is 8.22. The van der Waals surface area contributed by atoms with Crippen molar-refractivity contribution in [1.29, 1.82) is 0 Å². The second kappa shape index (κ2) is 7.78. The summed E-state index contributed by atoms with van der Waals surface area (Å²) in [5, 5.41) is 6.94. The van der Waals surface area contributed by atoms with Crippen molar-refractivity contribution in [1.82, 2.24) is 20.1 Å². The quantitative estimate of drug-likeness (QED) is 0.810. The van der Waals surface area contributed by atoms with E-state index in [-0.39, 0.29) is 17.9 Å². The SMILES string of the molecule is COc1ccccc1N1CC(NC(=O)CCCn2cncn2)CC1=O. The largest absolute Gasteiger partial charge is 0.495 e.